The lowest BCUT2D eigenvalue weighted by Gasteiger charge is -2.29. The summed E-state index contributed by atoms with van der Waals surface area (Å²) in [5.74, 6) is 0. The standard InChI is InChI=1S/C16H22N4O3S2/c1-12(2)25(21,22)15-5-4-13(20-6-8-23-9-7-20)10-14(15)19-16(24-3)18-11-17/h4-5,10,12H,6-9H2,1-3H3,(H,18,19). The lowest BCUT2D eigenvalue weighted by Crippen LogP contribution is -2.36. The van der Waals surface area contributed by atoms with Crippen LogP contribution in [0.1, 0.15) is 13.8 Å². The van der Waals surface area contributed by atoms with Gasteiger partial charge in [0.15, 0.2) is 21.2 Å². The van der Waals surface area contributed by atoms with Crippen LogP contribution < -0.4 is 10.2 Å². The topological polar surface area (TPSA) is 94.8 Å². The summed E-state index contributed by atoms with van der Waals surface area (Å²) in [5.41, 5.74) is 1.23. The zero-order chi connectivity index (χ0) is 18.4. The fourth-order valence-electron chi connectivity index (χ4n) is 2.39. The number of nitrogens with zero attached hydrogens (tertiary/aromatic N) is 3. The van der Waals surface area contributed by atoms with Gasteiger partial charge in [-0.15, -0.1) is 0 Å². The van der Waals surface area contributed by atoms with Gasteiger partial charge >= 0.3 is 0 Å². The van der Waals surface area contributed by atoms with Crippen LogP contribution in [-0.4, -0.2) is 51.4 Å². The van der Waals surface area contributed by atoms with E-state index in [0.29, 0.717) is 24.1 Å². The Labute approximate surface area is 153 Å². The Hall–Kier alpha value is -1.76. The molecule has 1 aliphatic heterocycles. The Morgan fingerprint density at radius 2 is 2.08 bits per heavy atom. The summed E-state index contributed by atoms with van der Waals surface area (Å²) in [6.45, 7) is 6.04. The number of hydrogen-bond acceptors (Lipinski definition) is 7. The second-order valence-electron chi connectivity index (χ2n) is 5.70. The van der Waals surface area contributed by atoms with Crippen molar-refractivity contribution in [2.75, 3.05) is 37.5 Å². The molecule has 1 aromatic carbocycles. The number of anilines is 1. The zero-order valence-corrected chi connectivity index (χ0v) is 16.2. The minimum Gasteiger partial charge on any atom is -0.378 e. The Morgan fingerprint density at radius 3 is 2.64 bits per heavy atom. The van der Waals surface area contributed by atoms with Gasteiger partial charge in [0, 0.05) is 18.8 Å². The first-order valence-corrected chi connectivity index (χ1v) is 10.7. The van der Waals surface area contributed by atoms with Gasteiger partial charge in [-0.1, -0.05) is 11.8 Å². The van der Waals surface area contributed by atoms with Gasteiger partial charge in [-0.05, 0) is 38.3 Å². The van der Waals surface area contributed by atoms with E-state index in [-0.39, 0.29) is 4.90 Å². The van der Waals surface area contributed by atoms with E-state index in [4.69, 9.17) is 10.00 Å². The van der Waals surface area contributed by atoms with Gasteiger partial charge in [-0.2, -0.15) is 5.26 Å². The molecule has 0 amide bonds. The van der Waals surface area contributed by atoms with Gasteiger partial charge in [0.1, 0.15) is 0 Å². The predicted molar refractivity (Wildman–Crippen MR) is 101 cm³/mol. The maximum absolute atomic E-state index is 12.7. The number of thioether (sulfide) groups is 1. The first-order valence-electron chi connectivity index (χ1n) is 7.88. The monoisotopic (exact) mass is 382 g/mol. The lowest BCUT2D eigenvalue weighted by molar-refractivity contribution is 0.122. The first kappa shape index (κ1) is 19.6. The molecular weight excluding hydrogens is 360 g/mol. The molecule has 0 radical (unpaired) electrons. The highest BCUT2D eigenvalue weighted by molar-refractivity contribution is 8.13. The third-order valence-corrected chi connectivity index (χ3v) is 6.60. The number of nitriles is 1. The molecule has 0 saturated carbocycles. The van der Waals surface area contributed by atoms with Crippen LogP contribution in [0.4, 0.5) is 11.4 Å². The SMILES string of the molecule is CSC(=Nc1cc(N2CCOCC2)ccc1S(=O)(=O)C(C)C)NC#N. The fourth-order valence-corrected chi connectivity index (χ4v) is 3.89. The smallest absolute Gasteiger partial charge is 0.183 e. The van der Waals surface area contributed by atoms with E-state index >= 15 is 0 Å². The van der Waals surface area contributed by atoms with E-state index in [1.165, 1.54) is 11.8 Å². The first-order chi connectivity index (χ1) is 11.9. The summed E-state index contributed by atoms with van der Waals surface area (Å²) >= 11 is 1.25. The molecule has 1 aliphatic rings. The van der Waals surface area contributed by atoms with E-state index in [1.807, 2.05) is 6.19 Å². The average Bonchev–Trinajstić information content (AvgIpc) is 2.61. The Bertz CT molecular complexity index is 779. The van der Waals surface area contributed by atoms with Crippen molar-refractivity contribution in [3.63, 3.8) is 0 Å². The van der Waals surface area contributed by atoms with Crippen molar-refractivity contribution in [3.05, 3.63) is 18.2 Å². The van der Waals surface area contributed by atoms with Gasteiger partial charge in [0.05, 0.1) is 29.0 Å². The summed E-state index contributed by atoms with van der Waals surface area (Å²) in [6, 6.07) is 5.16. The number of ether oxygens (including phenoxy) is 1. The molecule has 9 heteroatoms. The molecule has 1 heterocycles. The minimum absolute atomic E-state index is 0.172. The highest BCUT2D eigenvalue weighted by Gasteiger charge is 2.24. The predicted octanol–water partition coefficient (Wildman–Crippen LogP) is 2.13. The highest BCUT2D eigenvalue weighted by Crippen LogP contribution is 2.32. The van der Waals surface area contributed by atoms with Crippen LogP contribution >= 0.6 is 11.8 Å². The van der Waals surface area contributed by atoms with Crippen LogP contribution in [0.5, 0.6) is 0 Å². The molecule has 25 heavy (non-hydrogen) atoms. The van der Waals surface area contributed by atoms with Gasteiger partial charge in [0.2, 0.25) is 0 Å². The molecule has 0 bridgehead atoms. The van der Waals surface area contributed by atoms with E-state index in [0.717, 1.165) is 18.8 Å². The van der Waals surface area contributed by atoms with E-state index in [9.17, 15) is 8.42 Å². The van der Waals surface area contributed by atoms with Crippen LogP contribution in [0.3, 0.4) is 0 Å². The van der Waals surface area contributed by atoms with Crippen LogP contribution in [0.2, 0.25) is 0 Å². The van der Waals surface area contributed by atoms with Crippen molar-refractivity contribution in [1.29, 1.82) is 5.26 Å². The summed E-state index contributed by atoms with van der Waals surface area (Å²) in [7, 11) is -3.49. The third-order valence-electron chi connectivity index (χ3n) is 3.82. The molecule has 1 saturated heterocycles. The number of amidine groups is 1. The lowest BCUT2D eigenvalue weighted by atomic mass is 10.2. The number of rotatable bonds is 4. The fraction of sp³-hybridized carbons (Fsp3) is 0.500. The summed E-state index contributed by atoms with van der Waals surface area (Å²) in [4.78, 5) is 6.68. The maximum Gasteiger partial charge on any atom is 0.183 e. The summed E-state index contributed by atoms with van der Waals surface area (Å²) < 4.78 is 30.7. The van der Waals surface area contributed by atoms with E-state index in [1.54, 1.807) is 38.3 Å². The molecular formula is C16H22N4O3S2. The van der Waals surface area contributed by atoms with E-state index in [2.05, 4.69) is 15.2 Å². The Kier molecular flexibility index (Phi) is 6.70. The Balaban J connectivity index is 2.54. The normalized spacial score (nSPS) is 16.0. The Morgan fingerprint density at radius 1 is 1.40 bits per heavy atom. The van der Waals surface area contributed by atoms with Crippen molar-refractivity contribution in [2.24, 2.45) is 4.99 Å². The zero-order valence-electron chi connectivity index (χ0n) is 14.5. The van der Waals surface area contributed by atoms with E-state index < -0.39 is 15.1 Å². The molecule has 1 fully saturated rings. The molecule has 0 atom stereocenters. The van der Waals surface area contributed by atoms with Gasteiger partial charge < -0.3 is 9.64 Å². The van der Waals surface area contributed by atoms with Crippen molar-refractivity contribution in [3.8, 4) is 6.19 Å². The van der Waals surface area contributed by atoms with Crippen LogP contribution in [0.15, 0.2) is 28.1 Å². The number of hydrogen-bond donors (Lipinski definition) is 1. The molecule has 0 spiro atoms. The number of sulfone groups is 1. The summed E-state index contributed by atoms with van der Waals surface area (Å²) in [6.07, 6.45) is 3.59. The number of morpholine rings is 1. The highest BCUT2D eigenvalue weighted by atomic mass is 32.2. The van der Waals surface area contributed by atoms with Gasteiger partial charge in [-0.3, -0.25) is 5.32 Å². The van der Waals surface area contributed by atoms with Crippen LogP contribution in [-0.2, 0) is 14.6 Å². The molecule has 1 aromatic rings. The van der Waals surface area contributed by atoms with Crippen molar-refractivity contribution < 1.29 is 13.2 Å². The van der Waals surface area contributed by atoms with Crippen molar-refractivity contribution in [2.45, 2.75) is 24.0 Å². The molecule has 1 N–H and O–H groups in total. The summed E-state index contributed by atoms with van der Waals surface area (Å²) in [5, 5.41) is 11.1. The van der Waals surface area contributed by atoms with Gasteiger partial charge in [-0.25, -0.2) is 13.4 Å². The molecule has 2 rings (SSSR count). The number of nitrogens with one attached hydrogen (secondary N) is 1. The molecule has 0 unspecified atom stereocenters. The molecule has 136 valence electrons. The van der Waals surface area contributed by atoms with Gasteiger partial charge in [0.25, 0.3) is 0 Å². The quantitative estimate of drug-likeness (QED) is 0.369. The minimum atomic E-state index is -3.49. The second kappa shape index (κ2) is 8.56. The van der Waals surface area contributed by atoms with Crippen molar-refractivity contribution >= 4 is 38.1 Å². The maximum atomic E-state index is 12.7. The molecule has 0 aromatic heterocycles. The molecule has 7 nitrogen and oxygen atoms in total. The molecule has 0 aliphatic carbocycles. The number of benzene rings is 1. The average molecular weight is 383 g/mol. The third kappa shape index (κ3) is 4.66. The largest absolute Gasteiger partial charge is 0.378 e. The van der Waals surface area contributed by atoms with Crippen LogP contribution in [0, 0.1) is 11.5 Å². The van der Waals surface area contributed by atoms with Crippen molar-refractivity contribution in [1.82, 2.24) is 5.32 Å². The van der Waals surface area contributed by atoms with Crippen LogP contribution in [0.25, 0.3) is 0 Å². The number of aliphatic imine (C=N–C) groups is 1. The second-order valence-corrected chi connectivity index (χ2v) is 8.97.